The maximum absolute atomic E-state index is 5.71. The van der Waals surface area contributed by atoms with Crippen LogP contribution < -0.4 is 10.1 Å². The molecule has 0 saturated carbocycles. The molecule has 90 valence electrons. The van der Waals surface area contributed by atoms with E-state index in [0.717, 1.165) is 19.5 Å². The molecule has 16 heavy (non-hydrogen) atoms. The van der Waals surface area contributed by atoms with Gasteiger partial charge >= 0.3 is 0 Å². The van der Waals surface area contributed by atoms with Crippen LogP contribution >= 0.6 is 11.6 Å². The molecule has 0 amide bonds. The van der Waals surface area contributed by atoms with Crippen LogP contribution in [-0.2, 0) is 0 Å². The third-order valence-electron chi connectivity index (χ3n) is 2.02. The van der Waals surface area contributed by atoms with Gasteiger partial charge in [-0.25, -0.2) is 4.98 Å². The number of anilines is 1. The molecule has 0 aliphatic heterocycles. The minimum absolute atomic E-state index is 0.218. The Morgan fingerprint density at radius 3 is 2.88 bits per heavy atom. The third kappa shape index (κ3) is 4.20. The van der Waals surface area contributed by atoms with E-state index >= 15 is 0 Å². The zero-order chi connectivity index (χ0) is 12.0. The molecular weight excluding hydrogens is 228 g/mol. The molecule has 0 aliphatic carbocycles. The molecule has 1 aromatic heterocycles. The minimum Gasteiger partial charge on any atom is -0.491 e. The van der Waals surface area contributed by atoms with Gasteiger partial charge in [-0.15, -0.1) is 0 Å². The lowest BCUT2D eigenvalue weighted by Gasteiger charge is -2.11. The molecule has 0 spiro atoms. The zero-order valence-corrected chi connectivity index (χ0v) is 10.6. The number of hydrogen-bond donors (Lipinski definition) is 1. The first kappa shape index (κ1) is 13.0. The molecule has 0 aliphatic rings. The molecule has 1 aromatic rings. The standard InChI is InChI=1S/C10H17ClN4O/c1-15(2)6-4-5-12-9-8(16-3)7-13-10(11)14-9/h7H,4-6H2,1-3H3,(H,12,13,14). The van der Waals surface area contributed by atoms with Gasteiger partial charge in [0.25, 0.3) is 0 Å². The van der Waals surface area contributed by atoms with Gasteiger partial charge in [-0.05, 0) is 38.7 Å². The Morgan fingerprint density at radius 1 is 1.50 bits per heavy atom. The van der Waals surface area contributed by atoms with Crippen LogP contribution in [0.4, 0.5) is 5.82 Å². The number of rotatable bonds is 6. The van der Waals surface area contributed by atoms with Crippen molar-refractivity contribution in [2.24, 2.45) is 0 Å². The molecule has 0 bridgehead atoms. The Labute approximate surface area is 101 Å². The number of hydrogen-bond acceptors (Lipinski definition) is 5. The van der Waals surface area contributed by atoms with Gasteiger partial charge in [0.15, 0.2) is 11.6 Å². The largest absolute Gasteiger partial charge is 0.491 e. The second kappa shape index (κ2) is 6.50. The summed E-state index contributed by atoms with van der Waals surface area (Å²) in [7, 11) is 5.67. The van der Waals surface area contributed by atoms with E-state index in [1.807, 2.05) is 14.1 Å². The van der Waals surface area contributed by atoms with Crippen LogP contribution in [0.15, 0.2) is 6.20 Å². The summed E-state index contributed by atoms with van der Waals surface area (Å²) in [4.78, 5) is 10.0. The Bertz CT molecular complexity index is 333. The van der Waals surface area contributed by atoms with Crippen molar-refractivity contribution in [3.8, 4) is 5.75 Å². The molecule has 0 radical (unpaired) electrons. The number of ether oxygens (including phenoxy) is 1. The van der Waals surface area contributed by atoms with Crippen LogP contribution in [0.3, 0.4) is 0 Å². The highest BCUT2D eigenvalue weighted by Crippen LogP contribution is 2.21. The van der Waals surface area contributed by atoms with Gasteiger partial charge in [-0.3, -0.25) is 0 Å². The first-order valence-corrected chi connectivity index (χ1v) is 5.46. The predicted octanol–water partition coefficient (Wildman–Crippen LogP) is 1.50. The van der Waals surface area contributed by atoms with Gasteiger partial charge in [0, 0.05) is 6.54 Å². The summed E-state index contributed by atoms with van der Waals surface area (Å²) in [5.74, 6) is 1.25. The van der Waals surface area contributed by atoms with Gasteiger partial charge in [0.1, 0.15) is 0 Å². The van der Waals surface area contributed by atoms with Gasteiger partial charge in [0.05, 0.1) is 13.3 Å². The fraction of sp³-hybridized carbons (Fsp3) is 0.600. The fourth-order valence-electron chi connectivity index (χ4n) is 1.23. The highest BCUT2D eigenvalue weighted by molar-refractivity contribution is 6.28. The maximum Gasteiger partial charge on any atom is 0.224 e. The van der Waals surface area contributed by atoms with Crippen molar-refractivity contribution in [2.45, 2.75) is 6.42 Å². The van der Waals surface area contributed by atoms with Crippen LogP contribution in [-0.4, -0.2) is 49.2 Å². The van der Waals surface area contributed by atoms with Crippen molar-refractivity contribution in [3.63, 3.8) is 0 Å². The molecule has 0 atom stereocenters. The number of aromatic nitrogens is 2. The number of methoxy groups -OCH3 is 1. The van der Waals surface area contributed by atoms with E-state index in [1.54, 1.807) is 13.3 Å². The molecule has 0 aromatic carbocycles. The van der Waals surface area contributed by atoms with E-state index < -0.39 is 0 Å². The van der Waals surface area contributed by atoms with Crippen molar-refractivity contribution < 1.29 is 4.74 Å². The van der Waals surface area contributed by atoms with Gasteiger partial charge in [-0.2, -0.15) is 4.98 Å². The van der Waals surface area contributed by atoms with Crippen molar-refractivity contribution in [2.75, 3.05) is 39.6 Å². The van der Waals surface area contributed by atoms with E-state index in [2.05, 4.69) is 20.2 Å². The van der Waals surface area contributed by atoms with E-state index in [9.17, 15) is 0 Å². The summed E-state index contributed by atoms with van der Waals surface area (Å²) in [6.45, 7) is 1.84. The van der Waals surface area contributed by atoms with Crippen LogP contribution in [0, 0.1) is 0 Å². The summed E-state index contributed by atoms with van der Waals surface area (Å²) < 4.78 is 5.12. The summed E-state index contributed by atoms with van der Waals surface area (Å²) >= 11 is 5.71. The maximum atomic E-state index is 5.71. The van der Waals surface area contributed by atoms with Crippen molar-refractivity contribution in [3.05, 3.63) is 11.5 Å². The number of nitrogens with one attached hydrogen (secondary N) is 1. The van der Waals surface area contributed by atoms with Crippen molar-refractivity contribution in [1.29, 1.82) is 0 Å². The average molecular weight is 245 g/mol. The molecule has 5 nitrogen and oxygen atoms in total. The Hall–Kier alpha value is -1.07. The summed E-state index contributed by atoms with van der Waals surface area (Å²) in [6.07, 6.45) is 2.58. The van der Waals surface area contributed by atoms with Crippen LogP contribution in [0.25, 0.3) is 0 Å². The van der Waals surface area contributed by atoms with E-state index in [1.165, 1.54) is 0 Å². The van der Waals surface area contributed by atoms with Gasteiger partial charge < -0.3 is 15.0 Å². The quantitative estimate of drug-likeness (QED) is 0.607. The monoisotopic (exact) mass is 244 g/mol. The summed E-state index contributed by atoms with van der Waals surface area (Å²) in [6, 6.07) is 0. The van der Waals surface area contributed by atoms with Crippen LogP contribution in [0.5, 0.6) is 5.75 Å². The van der Waals surface area contributed by atoms with Crippen LogP contribution in [0.1, 0.15) is 6.42 Å². The molecule has 0 fully saturated rings. The molecule has 0 saturated heterocycles. The molecule has 1 N–H and O–H groups in total. The van der Waals surface area contributed by atoms with Crippen LogP contribution in [0.2, 0.25) is 5.28 Å². The average Bonchev–Trinajstić information content (AvgIpc) is 2.24. The van der Waals surface area contributed by atoms with Crippen molar-refractivity contribution in [1.82, 2.24) is 14.9 Å². The summed E-state index contributed by atoms with van der Waals surface area (Å²) in [5, 5.41) is 3.39. The SMILES string of the molecule is COc1cnc(Cl)nc1NCCCN(C)C. The molecule has 0 unspecified atom stereocenters. The lowest BCUT2D eigenvalue weighted by atomic mass is 10.4. The lowest BCUT2D eigenvalue weighted by molar-refractivity contribution is 0.403. The number of nitrogens with zero attached hydrogens (tertiary/aromatic N) is 3. The second-order valence-corrected chi connectivity index (χ2v) is 3.98. The Kier molecular flexibility index (Phi) is 5.28. The molecule has 1 rings (SSSR count). The summed E-state index contributed by atoms with van der Waals surface area (Å²) in [5.41, 5.74) is 0. The highest BCUT2D eigenvalue weighted by Gasteiger charge is 2.05. The van der Waals surface area contributed by atoms with E-state index in [-0.39, 0.29) is 5.28 Å². The second-order valence-electron chi connectivity index (χ2n) is 3.64. The minimum atomic E-state index is 0.218. The lowest BCUT2D eigenvalue weighted by Crippen LogP contribution is -2.17. The topological polar surface area (TPSA) is 50.3 Å². The smallest absolute Gasteiger partial charge is 0.224 e. The first-order valence-electron chi connectivity index (χ1n) is 5.08. The fourth-order valence-corrected chi connectivity index (χ4v) is 1.36. The highest BCUT2D eigenvalue weighted by atomic mass is 35.5. The van der Waals surface area contributed by atoms with E-state index in [4.69, 9.17) is 16.3 Å². The van der Waals surface area contributed by atoms with Gasteiger partial charge in [0.2, 0.25) is 5.28 Å². The Morgan fingerprint density at radius 2 is 2.25 bits per heavy atom. The molecular formula is C10H17ClN4O. The third-order valence-corrected chi connectivity index (χ3v) is 2.20. The molecule has 6 heteroatoms. The zero-order valence-electron chi connectivity index (χ0n) is 9.83. The predicted molar refractivity (Wildman–Crippen MR) is 65.3 cm³/mol. The Balaban J connectivity index is 2.48. The number of halogens is 1. The normalized spacial score (nSPS) is 10.6. The van der Waals surface area contributed by atoms with Crippen molar-refractivity contribution >= 4 is 17.4 Å². The molecule has 1 heterocycles. The first-order chi connectivity index (χ1) is 7.63. The van der Waals surface area contributed by atoms with E-state index in [0.29, 0.717) is 11.6 Å². The van der Waals surface area contributed by atoms with Gasteiger partial charge in [-0.1, -0.05) is 0 Å².